The highest BCUT2D eigenvalue weighted by Gasteiger charge is 2.29. The van der Waals surface area contributed by atoms with Crippen LogP contribution in [0.25, 0.3) is 0 Å². The van der Waals surface area contributed by atoms with Gasteiger partial charge in [0.05, 0.1) is 18.0 Å². The number of ketones is 1. The molecule has 0 aliphatic heterocycles. The van der Waals surface area contributed by atoms with Crippen molar-refractivity contribution in [2.75, 3.05) is 0 Å². The molecule has 0 radical (unpaired) electrons. The Balaban J connectivity index is 2.29. The van der Waals surface area contributed by atoms with Crippen molar-refractivity contribution in [1.29, 1.82) is 0 Å². The molecular formula is C13H6F5NOS. The van der Waals surface area contributed by atoms with Gasteiger partial charge in [-0.3, -0.25) is 9.78 Å². The molecule has 21 heavy (non-hydrogen) atoms. The summed E-state index contributed by atoms with van der Waals surface area (Å²) in [5.74, 6) is -3.22. The van der Waals surface area contributed by atoms with Gasteiger partial charge in [-0.1, -0.05) is 0 Å². The van der Waals surface area contributed by atoms with Crippen LogP contribution < -0.4 is 0 Å². The van der Waals surface area contributed by atoms with Gasteiger partial charge in [-0.2, -0.15) is 13.2 Å². The zero-order valence-corrected chi connectivity index (χ0v) is 10.9. The molecule has 2 aromatic rings. The molecule has 1 aromatic heterocycles. The molecule has 0 amide bonds. The fraction of sp³-hybridized carbons (Fsp3) is 0.0769. The van der Waals surface area contributed by atoms with Gasteiger partial charge in [0, 0.05) is 10.5 Å². The van der Waals surface area contributed by atoms with Crippen molar-refractivity contribution in [2.24, 2.45) is 0 Å². The van der Waals surface area contributed by atoms with Gasteiger partial charge >= 0.3 is 5.51 Å². The van der Waals surface area contributed by atoms with E-state index in [1.165, 1.54) is 0 Å². The molecule has 1 aromatic carbocycles. The molecule has 110 valence electrons. The van der Waals surface area contributed by atoms with Crippen molar-refractivity contribution >= 4 is 17.5 Å². The van der Waals surface area contributed by atoms with E-state index in [-0.39, 0.29) is 22.2 Å². The van der Waals surface area contributed by atoms with E-state index in [1.807, 2.05) is 0 Å². The van der Waals surface area contributed by atoms with Gasteiger partial charge < -0.3 is 0 Å². The molecule has 0 saturated carbocycles. The predicted octanol–water partition coefficient (Wildman–Crippen LogP) is 4.20. The minimum absolute atomic E-state index is 0.120. The highest BCUT2D eigenvalue weighted by molar-refractivity contribution is 8.00. The number of carbonyl (C=O) groups is 1. The normalized spacial score (nSPS) is 11.5. The summed E-state index contributed by atoms with van der Waals surface area (Å²) in [6, 6.07) is 4.27. The Kier molecular flexibility index (Phi) is 4.26. The maximum absolute atomic E-state index is 13.4. The Morgan fingerprint density at radius 1 is 1.00 bits per heavy atom. The zero-order valence-electron chi connectivity index (χ0n) is 10.1. The first kappa shape index (κ1) is 15.4. The molecule has 0 aliphatic carbocycles. The van der Waals surface area contributed by atoms with Gasteiger partial charge in [0.2, 0.25) is 0 Å². The monoisotopic (exact) mass is 319 g/mol. The molecular weight excluding hydrogens is 313 g/mol. The van der Waals surface area contributed by atoms with Crippen LogP contribution >= 0.6 is 11.8 Å². The molecule has 0 aliphatic rings. The lowest BCUT2D eigenvalue weighted by Gasteiger charge is -2.07. The summed E-state index contributed by atoms with van der Waals surface area (Å²) in [4.78, 5) is 15.1. The van der Waals surface area contributed by atoms with Crippen LogP contribution in [0.4, 0.5) is 22.0 Å². The second-order valence-corrected chi connectivity index (χ2v) is 5.02. The molecule has 0 atom stereocenters. The molecule has 0 unspecified atom stereocenters. The highest BCUT2D eigenvalue weighted by Crippen LogP contribution is 2.36. The smallest absolute Gasteiger partial charge is 0.288 e. The first-order chi connectivity index (χ1) is 9.78. The van der Waals surface area contributed by atoms with Crippen LogP contribution in [0.1, 0.15) is 15.9 Å². The van der Waals surface area contributed by atoms with Crippen LogP contribution in [0.3, 0.4) is 0 Å². The molecule has 0 fully saturated rings. The number of benzene rings is 1. The van der Waals surface area contributed by atoms with E-state index in [9.17, 15) is 26.7 Å². The van der Waals surface area contributed by atoms with E-state index >= 15 is 0 Å². The number of pyridine rings is 1. The average molecular weight is 319 g/mol. The molecule has 0 saturated heterocycles. The second-order valence-electron chi connectivity index (χ2n) is 3.88. The number of hydrogen-bond acceptors (Lipinski definition) is 3. The summed E-state index contributed by atoms with van der Waals surface area (Å²) in [7, 11) is 0. The number of nitrogens with zero attached hydrogens (tertiary/aromatic N) is 1. The largest absolute Gasteiger partial charge is 0.446 e. The fourth-order valence-electron chi connectivity index (χ4n) is 1.58. The third-order valence-corrected chi connectivity index (χ3v) is 3.17. The zero-order chi connectivity index (χ0) is 15.6. The van der Waals surface area contributed by atoms with Crippen molar-refractivity contribution in [3.63, 3.8) is 0 Å². The number of rotatable bonds is 3. The minimum Gasteiger partial charge on any atom is -0.288 e. The lowest BCUT2D eigenvalue weighted by Crippen LogP contribution is -2.08. The first-order valence-electron chi connectivity index (χ1n) is 5.47. The van der Waals surface area contributed by atoms with E-state index in [0.29, 0.717) is 12.4 Å². The minimum atomic E-state index is -4.45. The first-order valence-corrected chi connectivity index (χ1v) is 6.29. The molecule has 0 spiro atoms. The predicted molar refractivity (Wildman–Crippen MR) is 65.9 cm³/mol. The van der Waals surface area contributed by atoms with Crippen LogP contribution in [0.2, 0.25) is 0 Å². The van der Waals surface area contributed by atoms with Gasteiger partial charge in [-0.25, -0.2) is 8.78 Å². The summed E-state index contributed by atoms with van der Waals surface area (Å²) >= 11 is -0.346. The lowest BCUT2D eigenvalue weighted by molar-refractivity contribution is -0.0328. The maximum Gasteiger partial charge on any atom is 0.446 e. The number of carbonyl (C=O) groups excluding carboxylic acids is 1. The summed E-state index contributed by atoms with van der Waals surface area (Å²) in [6.07, 6.45) is 1.37. The number of aromatic nitrogens is 1. The fourth-order valence-corrected chi connectivity index (χ4v) is 2.12. The van der Waals surface area contributed by atoms with Crippen molar-refractivity contribution in [3.05, 3.63) is 59.4 Å². The Morgan fingerprint density at radius 2 is 1.52 bits per heavy atom. The quantitative estimate of drug-likeness (QED) is 0.482. The van der Waals surface area contributed by atoms with Crippen LogP contribution in [0.15, 0.2) is 41.6 Å². The van der Waals surface area contributed by atoms with Gasteiger partial charge in [0.1, 0.15) is 0 Å². The molecule has 0 N–H and O–H groups in total. The van der Waals surface area contributed by atoms with E-state index in [2.05, 4.69) is 4.98 Å². The van der Waals surface area contributed by atoms with Crippen molar-refractivity contribution in [1.82, 2.24) is 4.98 Å². The molecule has 1 heterocycles. The summed E-state index contributed by atoms with van der Waals surface area (Å²) in [6.45, 7) is 0. The third-order valence-electron chi connectivity index (χ3n) is 2.43. The van der Waals surface area contributed by atoms with E-state index in [1.54, 1.807) is 0 Å². The molecule has 2 rings (SSSR count). The van der Waals surface area contributed by atoms with Crippen LogP contribution in [-0.4, -0.2) is 16.3 Å². The van der Waals surface area contributed by atoms with Crippen LogP contribution in [-0.2, 0) is 0 Å². The SMILES string of the molecule is O=C(c1ccc(SC(F)(F)F)cc1)c1c(F)cncc1F. The Bertz CT molecular complexity index is 649. The summed E-state index contributed by atoms with van der Waals surface area (Å²) in [5, 5.41) is 0. The van der Waals surface area contributed by atoms with Gasteiger partial charge in [0.15, 0.2) is 17.4 Å². The number of thioether (sulfide) groups is 1. The Morgan fingerprint density at radius 3 is 2.00 bits per heavy atom. The lowest BCUT2D eigenvalue weighted by atomic mass is 10.0. The topological polar surface area (TPSA) is 30.0 Å². The number of hydrogen-bond donors (Lipinski definition) is 0. The van der Waals surface area contributed by atoms with Crippen molar-refractivity contribution in [3.8, 4) is 0 Å². The van der Waals surface area contributed by atoms with E-state index in [0.717, 1.165) is 24.3 Å². The number of alkyl halides is 3. The molecule has 8 heteroatoms. The Labute approximate surface area is 120 Å². The van der Waals surface area contributed by atoms with Crippen molar-refractivity contribution in [2.45, 2.75) is 10.4 Å². The molecule has 0 bridgehead atoms. The second kappa shape index (κ2) is 5.80. The van der Waals surface area contributed by atoms with Crippen LogP contribution in [0, 0.1) is 11.6 Å². The van der Waals surface area contributed by atoms with E-state index < -0.39 is 28.5 Å². The standard InChI is InChI=1S/C13H6F5NOS/c14-9-5-19-6-10(15)11(9)12(20)7-1-3-8(4-2-7)21-13(16,17)18/h1-6H. The van der Waals surface area contributed by atoms with E-state index in [4.69, 9.17) is 0 Å². The van der Waals surface area contributed by atoms with Gasteiger partial charge in [-0.05, 0) is 36.0 Å². The van der Waals surface area contributed by atoms with Crippen molar-refractivity contribution < 1.29 is 26.7 Å². The third kappa shape index (κ3) is 3.78. The van der Waals surface area contributed by atoms with Crippen LogP contribution in [0.5, 0.6) is 0 Å². The maximum atomic E-state index is 13.4. The number of halogens is 5. The van der Waals surface area contributed by atoms with Gasteiger partial charge in [0.25, 0.3) is 0 Å². The Hall–Kier alpha value is -1.96. The summed E-state index contributed by atoms with van der Waals surface area (Å²) in [5.41, 5.74) is -5.36. The average Bonchev–Trinajstić information content (AvgIpc) is 2.37. The molecule has 2 nitrogen and oxygen atoms in total. The highest BCUT2D eigenvalue weighted by atomic mass is 32.2. The summed E-state index contributed by atoms with van der Waals surface area (Å²) < 4.78 is 63.3. The van der Waals surface area contributed by atoms with Gasteiger partial charge in [-0.15, -0.1) is 0 Å².